The van der Waals surface area contributed by atoms with Gasteiger partial charge in [-0.15, -0.1) is 0 Å². The standard InChI is InChI=1S/C25H21F2N3O5/c1-13-23(14-5-3-2-4-6-14)35-19-12-29-11-17(21(31)22(32)20(29)25(34)30(13)19)24(33)28-10-15-7-8-16(26)9-18(15)27/h2-9,11,13,19,23,32H,10,12H2,1H3,(H,28,33)/t13?,19-,23-/m1/s1. The molecular weight excluding hydrogens is 460 g/mol. The highest BCUT2D eigenvalue weighted by Gasteiger charge is 2.47. The van der Waals surface area contributed by atoms with E-state index in [-0.39, 0.29) is 30.4 Å². The van der Waals surface area contributed by atoms with Crippen LogP contribution in [0, 0.1) is 11.6 Å². The Morgan fingerprint density at radius 2 is 1.91 bits per heavy atom. The molecule has 10 heteroatoms. The fraction of sp³-hybridized carbons (Fsp3) is 0.240. The fourth-order valence-electron chi connectivity index (χ4n) is 4.61. The van der Waals surface area contributed by atoms with Crippen molar-refractivity contribution >= 4 is 11.8 Å². The van der Waals surface area contributed by atoms with Crippen molar-refractivity contribution in [2.24, 2.45) is 0 Å². The molecule has 1 aromatic heterocycles. The highest BCUT2D eigenvalue weighted by Crippen LogP contribution is 2.39. The van der Waals surface area contributed by atoms with Crippen LogP contribution in [0.1, 0.15) is 45.0 Å². The summed E-state index contributed by atoms with van der Waals surface area (Å²) in [6, 6.07) is 11.9. The normalized spacial score (nSPS) is 20.9. The van der Waals surface area contributed by atoms with E-state index in [1.54, 1.807) is 0 Å². The SMILES string of the molecule is CC1[C@H](c2ccccc2)O[C@@H]2Cn3cc(C(=O)NCc4ccc(F)cc4F)c(=O)c(O)c3C(=O)N12. The van der Waals surface area contributed by atoms with Gasteiger partial charge in [-0.25, -0.2) is 8.78 Å². The van der Waals surface area contributed by atoms with Crippen LogP contribution in [0.5, 0.6) is 5.75 Å². The van der Waals surface area contributed by atoms with Crippen molar-refractivity contribution in [3.63, 3.8) is 0 Å². The number of halogens is 2. The molecule has 3 heterocycles. The maximum absolute atomic E-state index is 13.9. The Balaban J connectivity index is 1.42. The molecule has 5 rings (SSSR count). The minimum atomic E-state index is -1.02. The number of rotatable bonds is 4. The molecule has 35 heavy (non-hydrogen) atoms. The number of amides is 2. The minimum absolute atomic E-state index is 0.0214. The number of benzene rings is 2. The van der Waals surface area contributed by atoms with Crippen molar-refractivity contribution < 1.29 is 28.2 Å². The van der Waals surface area contributed by atoms with Crippen molar-refractivity contribution in [1.29, 1.82) is 0 Å². The Hall–Kier alpha value is -4.05. The van der Waals surface area contributed by atoms with Crippen molar-refractivity contribution in [1.82, 2.24) is 14.8 Å². The van der Waals surface area contributed by atoms with Crippen LogP contribution >= 0.6 is 0 Å². The first kappa shape index (κ1) is 22.7. The summed E-state index contributed by atoms with van der Waals surface area (Å²) in [6.45, 7) is 1.62. The van der Waals surface area contributed by atoms with E-state index in [9.17, 15) is 28.3 Å². The average molecular weight is 481 g/mol. The molecule has 0 bridgehead atoms. The number of hydrogen-bond donors (Lipinski definition) is 2. The third-order valence-corrected chi connectivity index (χ3v) is 6.36. The second-order valence-corrected chi connectivity index (χ2v) is 8.51. The van der Waals surface area contributed by atoms with Crippen LogP contribution in [0.2, 0.25) is 0 Å². The van der Waals surface area contributed by atoms with Crippen molar-refractivity contribution in [3.8, 4) is 5.75 Å². The van der Waals surface area contributed by atoms with Crippen molar-refractivity contribution in [2.75, 3.05) is 0 Å². The summed E-state index contributed by atoms with van der Waals surface area (Å²) in [4.78, 5) is 40.2. The Labute approximate surface area is 198 Å². The highest BCUT2D eigenvalue weighted by atomic mass is 19.1. The van der Waals surface area contributed by atoms with E-state index in [4.69, 9.17) is 4.74 Å². The van der Waals surface area contributed by atoms with Gasteiger partial charge in [0.05, 0.1) is 12.6 Å². The number of nitrogens with one attached hydrogen (secondary N) is 1. The number of carbonyl (C=O) groups excluding carboxylic acids is 2. The van der Waals surface area contributed by atoms with E-state index in [0.717, 1.165) is 11.6 Å². The summed E-state index contributed by atoms with van der Waals surface area (Å²) in [5, 5.41) is 13.0. The first-order valence-electron chi connectivity index (χ1n) is 11.0. The predicted octanol–water partition coefficient (Wildman–Crippen LogP) is 2.70. The van der Waals surface area contributed by atoms with Crippen LogP contribution in [-0.2, 0) is 17.8 Å². The van der Waals surface area contributed by atoms with Crippen molar-refractivity contribution in [3.05, 3.63) is 99.0 Å². The third-order valence-electron chi connectivity index (χ3n) is 6.36. The van der Waals surface area contributed by atoms with Crippen LogP contribution in [0.3, 0.4) is 0 Å². The monoisotopic (exact) mass is 481 g/mol. The Morgan fingerprint density at radius 1 is 1.17 bits per heavy atom. The van der Waals surface area contributed by atoms with Gasteiger partial charge < -0.3 is 24.6 Å². The topological polar surface area (TPSA) is 101 Å². The second-order valence-electron chi connectivity index (χ2n) is 8.51. The fourth-order valence-corrected chi connectivity index (χ4v) is 4.61. The molecule has 2 aliphatic rings. The molecule has 2 N–H and O–H groups in total. The third kappa shape index (κ3) is 3.85. The Kier molecular flexibility index (Phi) is 5.60. The quantitative estimate of drug-likeness (QED) is 0.597. The molecule has 0 spiro atoms. The first-order chi connectivity index (χ1) is 16.8. The molecular formula is C25H21F2N3O5. The van der Waals surface area contributed by atoms with Gasteiger partial charge in [-0.05, 0) is 18.6 Å². The number of pyridine rings is 1. The van der Waals surface area contributed by atoms with Crippen LogP contribution in [0.25, 0.3) is 0 Å². The first-order valence-corrected chi connectivity index (χ1v) is 11.0. The van der Waals surface area contributed by atoms with Crippen LogP contribution in [0.15, 0.2) is 59.5 Å². The van der Waals surface area contributed by atoms with E-state index in [0.29, 0.717) is 6.07 Å². The van der Waals surface area contributed by atoms with Gasteiger partial charge in [-0.3, -0.25) is 14.4 Å². The van der Waals surface area contributed by atoms with Crippen LogP contribution in [-0.4, -0.2) is 38.7 Å². The average Bonchev–Trinajstić information content (AvgIpc) is 3.17. The van der Waals surface area contributed by atoms with E-state index in [1.165, 1.54) is 21.7 Å². The molecule has 2 aromatic carbocycles. The smallest absolute Gasteiger partial charge is 0.276 e. The lowest BCUT2D eigenvalue weighted by Gasteiger charge is -2.33. The summed E-state index contributed by atoms with van der Waals surface area (Å²) in [5.41, 5.74) is -0.754. The number of nitrogens with zero attached hydrogens (tertiary/aromatic N) is 2. The van der Waals surface area contributed by atoms with E-state index in [2.05, 4.69) is 5.32 Å². The second kappa shape index (κ2) is 8.62. The number of aromatic hydroxyl groups is 1. The molecule has 1 saturated heterocycles. The van der Waals surface area contributed by atoms with Crippen molar-refractivity contribution in [2.45, 2.75) is 38.4 Å². The van der Waals surface area contributed by atoms with Gasteiger partial charge in [-0.2, -0.15) is 0 Å². The summed E-state index contributed by atoms with van der Waals surface area (Å²) in [5.74, 6) is -3.90. The predicted molar refractivity (Wildman–Crippen MR) is 120 cm³/mol. The minimum Gasteiger partial charge on any atom is -0.503 e. The zero-order valence-electron chi connectivity index (χ0n) is 18.6. The number of ether oxygens (including phenoxy) is 1. The zero-order valence-corrected chi connectivity index (χ0v) is 18.6. The lowest BCUT2D eigenvalue weighted by atomic mass is 10.0. The Morgan fingerprint density at radius 3 is 2.63 bits per heavy atom. The number of carbonyl (C=O) groups is 2. The lowest BCUT2D eigenvalue weighted by Crippen LogP contribution is -2.49. The summed E-state index contributed by atoms with van der Waals surface area (Å²) < 4.78 is 34.4. The molecule has 2 aliphatic heterocycles. The number of aromatic nitrogens is 1. The summed E-state index contributed by atoms with van der Waals surface area (Å²) >= 11 is 0. The molecule has 1 unspecified atom stereocenters. The van der Waals surface area contributed by atoms with E-state index < -0.39 is 52.5 Å². The van der Waals surface area contributed by atoms with Crippen LogP contribution in [0.4, 0.5) is 8.78 Å². The number of hydrogen-bond acceptors (Lipinski definition) is 5. The molecule has 2 amide bonds. The van der Waals surface area contributed by atoms with Gasteiger partial charge in [0.25, 0.3) is 11.8 Å². The summed E-state index contributed by atoms with van der Waals surface area (Å²) in [6.07, 6.45) is 0.121. The van der Waals surface area contributed by atoms with Gasteiger partial charge in [0.2, 0.25) is 5.43 Å². The van der Waals surface area contributed by atoms with Gasteiger partial charge in [0, 0.05) is 24.4 Å². The van der Waals surface area contributed by atoms with Crippen LogP contribution < -0.4 is 10.7 Å². The zero-order chi connectivity index (χ0) is 24.9. The summed E-state index contributed by atoms with van der Waals surface area (Å²) in [7, 11) is 0. The van der Waals surface area contributed by atoms with Gasteiger partial charge in [-0.1, -0.05) is 36.4 Å². The Bertz CT molecular complexity index is 1390. The molecule has 0 radical (unpaired) electrons. The number of fused-ring (bicyclic) bond motifs is 2. The van der Waals surface area contributed by atoms with Gasteiger partial charge in [0.1, 0.15) is 23.3 Å². The van der Waals surface area contributed by atoms with Gasteiger partial charge in [0.15, 0.2) is 17.7 Å². The van der Waals surface area contributed by atoms with Gasteiger partial charge >= 0.3 is 0 Å². The molecule has 1 fully saturated rings. The molecule has 0 saturated carbocycles. The molecule has 180 valence electrons. The molecule has 0 aliphatic carbocycles. The largest absolute Gasteiger partial charge is 0.503 e. The van der Waals surface area contributed by atoms with E-state index in [1.807, 2.05) is 37.3 Å². The molecule has 3 aromatic rings. The maximum atomic E-state index is 13.9. The van der Waals surface area contributed by atoms with E-state index >= 15 is 0 Å². The molecule has 3 atom stereocenters. The highest BCUT2D eigenvalue weighted by molar-refractivity contribution is 5.99. The molecule has 8 nitrogen and oxygen atoms in total. The maximum Gasteiger partial charge on any atom is 0.276 e. The lowest BCUT2D eigenvalue weighted by molar-refractivity contribution is -0.0154.